The number of nitro benzene ring substituents is 1. The normalized spacial score (nSPS) is 10.8. The summed E-state index contributed by atoms with van der Waals surface area (Å²) < 4.78 is 11.1. The molecule has 0 aliphatic rings. The fraction of sp³-hybridized carbons (Fsp3) is 0.190. The fourth-order valence-electron chi connectivity index (χ4n) is 2.68. The molecule has 27 heavy (non-hydrogen) atoms. The van der Waals surface area contributed by atoms with Crippen LogP contribution in [0.5, 0.6) is 11.5 Å². The molecule has 0 fully saturated rings. The van der Waals surface area contributed by atoms with Gasteiger partial charge in [-0.3, -0.25) is 10.1 Å². The van der Waals surface area contributed by atoms with Crippen LogP contribution in [-0.4, -0.2) is 18.6 Å². The maximum Gasteiger partial charge on any atom is 0.269 e. The van der Waals surface area contributed by atoms with Crippen LogP contribution in [0.3, 0.4) is 0 Å². The lowest BCUT2D eigenvalue weighted by atomic mass is 10.0. The lowest BCUT2D eigenvalue weighted by Gasteiger charge is -2.14. The third kappa shape index (κ3) is 4.73. The van der Waals surface area contributed by atoms with Crippen molar-refractivity contribution < 1.29 is 14.4 Å². The van der Waals surface area contributed by atoms with E-state index in [0.717, 1.165) is 11.1 Å². The van der Waals surface area contributed by atoms with Crippen LogP contribution in [-0.2, 0) is 6.42 Å². The van der Waals surface area contributed by atoms with E-state index < -0.39 is 4.92 Å². The Balaban J connectivity index is 2.52. The molecule has 0 saturated carbocycles. The summed E-state index contributed by atoms with van der Waals surface area (Å²) in [6, 6.07) is 11.7. The molecule has 0 aliphatic heterocycles. The highest BCUT2D eigenvalue weighted by atomic mass is 16.6. The number of nitriles is 1. The van der Waals surface area contributed by atoms with Crippen molar-refractivity contribution in [2.45, 2.75) is 13.3 Å². The Morgan fingerprint density at radius 1 is 1.33 bits per heavy atom. The van der Waals surface area contributed by atoms with Crippen LogP contribution < -0.4 is 9.47 Å². The van der Waals surface area contributed by atoms with Gasteiger partial charge in [-0.2, -0.15) is 5.26 Å². The number of allylic oxidation sites excluding steroid dienone is 2. The second-order valence-electron chi connectivity index (χ2n) is 5.61. The van der Waals surface area contributed by atoms with E-state index in [4.69, 9.17) is 9.47 Å². The van der Waals surface area contributed by atoms with Crippen molar-refractivity contribution in [1.82, 2.24) is 0 Å². The number of methoxy groups -OCH3 is 1. The first-order valence-electron chi connectivity index (χ1n) is 8.35. The van der Waals surface area contributed by atoms with Crippen molar-refractivity contribution in [1.29, 1.82) is 5.26 Å². The average molecular weight is 364 g/mol. The molecule has 138 valence electrons. The van der Waals surface area contributed by atoms with Gasteiger partial charge in [0, 0.05) is 17.7 Å². The van der Waals surface area contributed by atoms with Gasteiger partial charge in [0.05, 0.1) is 30.3 Å². The number of hydrogen-bond donors (Lipinski definition) is 0. The van der Waals surface area contributed by atoms with Crippen LogP contribution in [0.2, 0.25) is 0 Å². The van der Waals surface area contributed by atoms with Crippen LogP contribution in [0.15, 0.2) is 49.1 Å². The summed E-state index contributed by atoms with van der Waals surface area (Å²) in [7, 11) is 1.58. The highest BCUT2D eigenvalue weighted by Gasteiger charge is 2.13. The summed E-state index contributed by atoms with van der Waals surface area (Å²) in [4.78, 5) is 10.3. The van der Waals surface area contributed by atoms with Crippen LogP contribution in [0.25, 0.3) is 11.6 Å². The molecule has 0 atom stereocenters. The molecule has 0 aromatic heterocycles. The minimum absolute atomic E-state index is 0.0209. The van der Waals surface area contributed by atoms with Gasteiger partial charge in [0.1, 0.15) is 0 Å². The minimum atomic E-state index is -0.473. The zero-order chi connectivity index (χ0) is 19.8. The number of non-ortho nitro benzene ring substituents is 1. The Hall–Kier alpha value is -3.59. The summed E-state index contributed by atoms with van der Waals surface area (Å²) in [6.45, 7) is 6.12. The maximum atomic E-state index is 10.8. The largest absolute Gasteiger partial charge is 0.493 e. The van der Waals surface area contributed by atoms with E-state index in [1.807, 2.05) is 13.0 Å². The smallest absolute Gasteiger partial charge is 0.269 e. The molecule has 6 nitrogen and oxygen atoms in total. The summed E-state index contributed by atoms with van der Waals surface area (Å²) in [5.41, 5.74) is 2.63. The second-order valence-corrected chi connectivity index (χ2v) is 5.61. The summed E-state index contributed by atoms with van der Waals surface area (Å²) in [5.74, 6) is 1.23. The van der Waals surface area contributed by atoms with E-state index in [9.17, 15) is 15.4 Å². The van der Waals surface area contributed by atoms with E-state index in [-0.39, 0.29) is 5.69 Å². The van der Waals surface area contributed by atoms with Crippen molar-refractivity contribution in [3.8, 4) is 17.6 Å². The molecular formula is C21H20N2O4. The molecule has 2 aromatic rings. The molecule has 0 unspecified atom stereocenters. The van der Waals surface area contributed by atoms with Crippen molar-refractivity contribution in [2.75, 3.05) is 13.7 Å². The van der Waals surface area contributed by atoms with Gasteiger partial charge in [0.2, 0.25) is 0 Å². The molecule has 0 spiro atoms. The van der Waals surface area contributed by atoms with Crippen molar-refractivity contribution in [3.05, 3.63) is 75.9 Å². The van der Waals surface area contributed by atoms with E-state index in [1.54, 1.807) is 37.5 Å². The Kier molecular flexibility index (Phi) is 6.73. The van der Waals surface area contributed by atoms with Crippen molar-refractivity contribution in [2.24, 2.45) is 0 Å². The van der Waals surface area contributed by atoms with Gasteiger partial charge in [-0.05, 0) is 54.8 Å². The zero-order valence-electron chi connectivity index (χ0n) is 15.3. The SMILES string of the molecule is C=CCc1cc(/C=C(\C#N)c2ccc([N+](=O)[O-])cc2)cc(OCC)c1OC. The number of rotatable bonds is 8. The second kappa shape index (κ2) is 9.20. The maximum absolute atomic E-state index is 10.8. The fourth-order valence-corrected chi connectivity index (χ4v) is 2.68. The Morgan fingerprint density at radius 2 is 2.04 bits per heavy atom. The zero-order valence-corrected chi connectivity index (χ0v) is 15.3. The molecule has 0 amide bonds. The summed E-state index contributed by atoms with van der Waals surface area (Å²) in [5, 5.41) is 20.3. The highest BCUT2D eigenvalue weighted by Crippen LogP contribution is 2.35. The molecule has 2 rings (SSSR count). The van der Waals surface area contributed by atoms with Crippen LogP contribution in [0.4, 0.5) is 5.69 Å². The number of nitro groups is 1. The first kappa shape index (κ1) is 19.7. The van der Waals surface area contributed by atoms with E-state index >= 15 is 0 Å². The molecule has 6 heteroatoms. The average Bonchev–Trinajstić information content (AvgIpc) is 2.66. The van der Waals surface area contributed by atoms with Gasteiger partial charge in [-0.15, -0.1) is 6.58 Å². The summed E-state index contributed by atoms with van der Waals surface area (Å²) in [6.07, 6.45) is 4.07. The number of hydrogen-bond acceptors (Lipinski definition) is 5. The Labute approximate surface area is 158 Å². The lowest BCUT2D eigenvalue weighted by molar-refractivity contribution is -0.384. The predicted octanol–water partition coefficient (Wildman–Crippen LogP) is 4.79. The predicted molar refractivity (Wildman–Crippen MR) is 105 cm³/mol. The van der Waals surface area contributed by atoms with Gasteiger partial charge >= 0.3 is 0 Å². The van der Waals surface area contributed by atoms with Gasteiger partial charge in [-0.1, -0.05) is 6.08 Å². The lowest BCUT2D eigenvalue weighted by Crippen LogP contribution is -1.99. The van der Waals surface area contributed by atoms with Crippen LogP contribution in [0, 0.1) is 21.4 Å². The first-order valence-corrected chi connectivity index (χ1v) is 8.35. The standard InChI is InChI=1S/C21H20N2O4/c1-4-6-17-11-15(13-20(27-5-2)21(17)26-3)12-18(14-22)16-7-9-19(10-8-16)23(24)25/h4,7-13H,1,5-6H2,2-3H3/b18-12+. The molecule has 0 N–H and O–H groups in total. The molecule has 0 heterocycles. The third-order valence-electron chi connectivity index (χ3n) is 3.84. The number of nitrogens with zero attached hydrogens (tertiary/aromatic N) is 2. The Bertz CT molecular complexity index is 909. The molecule has 2 aromatic carbocycles. The first-order chi connectivity index (χ1) is 13.0. The molecular weight excluding hydrogens is 344 g/mol. The van der Waals surface area contributed by atoms with Gasteiger partial charge in [0.25, 0.3) is 5.69 Å². The van der Waals surface area contributed by atoms with Crippen molar-refractivity contribution >= 4 is 17.3 Å². The van der Waals surface area contributed by atoms with Gasteiger partial charge in [0.15, 0.2) is 11.5 Å². The van der Waals surface area contributed by atoms with Crippen LogP contribution in [0.1, 0.15) is 23.6 Å². The number of benzene rings is 2. The quantitative estimate of drug-likeness (QED) is 0.221. The molecule has 0 bridgehead atoms. The van der Waals surface area contributed by atoms with Gasteiger partial charge < -0.3 is 9.47 Å². The number of ether oxygens (including phenoxy) is 2. The minimum Gasteiger partial charge on any atom is -0.493 e. The van der Waals surface area contributed by atoms with Crippen LogP contribution >= 0.6 is 0 Å². The van der Waals surface area contributed by atoms with Gasteiger partial charge in [-0.25, -0.2) is 0 Å². The monoisotopic (exact) mass is 364 g/mol. The van der Waals surface area contributed by atoms with E-state index in [0.29, 0.717) is 35.7 Å². The highest BCUT2D eigenvalue weighted by molar-refractivity contribution is 5.90. The Morgan fingerprint density at radius 3 is 2.56 bits per heavy atom. The molecule has 0 radical (unpaired) electrons. The van der Waals surface area contributed by atoms with E-state index in [2.05, 4.69) is 12.6 Å². The molecule has 0 saturated heterocycles. The summed E-state index contributed by atoms with van der Waals surface area (Å²) >= 11 is 0. The topological polar surface area (TPSA) is 85.4 Å². The van der Waals surface area contributed by atoms with Crippen molar-refractivity contribution in [3.63, 3.8) is 0 Å². The van der Waals surface area contributed by atoms with E-state index in [1.165, 1.54) is 12.1 Å². The molecule has 0 aliphatic carbocycles. The third-order valence-corrected chi connectivity index (χ3v) is 3.84.